The smallest absolute Gasteiger partial charge is 0.224 e. The van der Waals surface area contributed by atoms with Gasteiger partial charge in [-0.3, -0.25) is 4.79 Å². The predicted octanol–water partition coefficient (Wildman–Crippen LogP) is 1.65. The zero-order valence-electron chi connectivity index (χ0n) is 17.3. The second-order valence-electron chi connectivity index (χ2n) is 8.75. The van der Waals surface area contributed by atoms with E-state index in [-0.39, 0.29) is 18.6 Å². The third-order valence-electron chi connectivity index (χ3n) is 5.51. The second kappa shape index (κ2) is 7.86. The molecule has 1 aromatic carbocycles. The van der Waals surface area contributed by atoms with Crippen molar-refractivity contribution >= 4 is 11.8 Å². The van der Waals surface area contributed by atoms with Crippen LogP contribution in [0.1, 0.15) is 25.8 Å². The van der Waals surface area contributed by atoms with Gasteiger partial charge in [0.2, 0.25) is 11.8 Å². The molecule has 9 heteroatoms. The largest absolute Gasteiger partial charge is 0.473 e. The van der Waals surface area contributed by atoms with E-state index in [4.69, 9.17) is 10.5 Å². The molecule has 1 amide bonds. The van der Waals surface area contributed by atoms with Gasteiger partial charge in [-0.05, 0) is 31.5 Å². The highest BCUT2D eigenvalue weighted by Crippen LogP contribution is 2.29. The van der Waals surface area contributed by atoms with Crippen molar-refractivity contribution in [2.75, 3.05) is 32.8 Å². The number of carbonyl (C=O) groups is 1. The molecule has 30 heavy (non-hydrogen) atoms. The van der Waals surface area contributed by atoms with Gasteiger partial charge in [-0.1, -0.05) is 6.07 Å². The summed E-state index contributed by atoms with van der Waals surface area (Å²) in [5.74, 6) is -0.184. The molecule has 2 N–H and O–H groups in total. The van der Waals surface area contributed by atoms with E-state index >= 15 is 0 Å². The van der Waals surface area contributed by atoms with E-state index in [9.17, 15) is 13.6 Å². The molecule has 162 valence electrons. The molecule has 1 atom stereocenters. The Bertz CT molecular complexity index is 896. The predicted molar refractivity (Wildman–Crippen MR) is 108 cm³/mol. The molecule has 2 fully saturated rings. The summed E-state index contributed by atoms with van der Waals surface area (Å²) in [6, 6.07) is 3.91. The molecule has 1 unspecified atom stereocenters. The average Bonchev–Trinajstić information content (AvgIpc) is 3.04. The number of rotatable bonds is 4. The molecule has 7 nitrogen and oxygen atoms in total. The number of hydrogen-bond donors (Lipinski definition) is 1. The minimum Gasteiger partial charge on any atom is -0.473 e. The lowest BCUT2D eigenvalue weighted by atomic mass is 10.0. The van der Waals surface area contributed by atoms with Crippen LogP contribution in [0.25, 0.3) is 0 Å². The maximum absolute atomic E-state index is 13.4. The fourth-order valence-corrected chi connectivity index (χ4v) is 4.06. The number of aliphatic imine (C=N–C) groups is 1. The van der Waals surface area contributed by atoms with Crippen LogP contribution in [0.5, 0.6) is 0 Å². The lowest BCUT2D eigenvalue weighted by Gasteiger charge is -2.39. The quantitative estimate of drug-likeness (QED) is 0.803. The Labute approximate surface area is 174 Å². The highest BCUT2D eigenvalue weighted by Gasteiger charge is 2.40. The van der Waals surface area contributed by atoms with Gasteiger partial charge < -0.3 is 25.2 Å². The molecule has 2 saturated heterocycles. The van der Waals surface area contributed by atoms with Crippen molar-refractivity contribution in [2.45, 2.75) is 38.5 Å². The molecule has 3 aliphatic heterocycles. The Kier molecular flexibility index (Phi) is 5.40. The molecule has 0 aliphatic carbocycles. The number of ether oxygens (including phenoxy) is 1. The van der Waals surface area contributed by atoms with Crippen molar-refractivity contribution in [3.05, 3.63) is 47.3 Å². The van der Waals surface area contributed by atoms with Crippen LogP contribution in [0.15, 0.2) is 35.1 Å². The minimum atomic E-state index is -0.893. The maximum atomic E-state index is 13.4. The standard InChI is InChI=1S/C21H27F2N5O2/c1-21(2,24)9-20(29)26-5-6-28-15(10-26)11-27-13-25-18(8-19(27)28)30-12-14-3-4-16(22)17(23)7-14/h3-4,7-8,15H,5-6,9-13,24H2,1-2H3. The molecule has 0 saturated carbocycles. The third kappa shape index (κ3) is 4.40. The van der Waals surface area contributed by atoms with Crippen molar-refractivity contribution in [3.8, 4) is 0 Å². The summed E-state index contributed by atoms with van der Waals surface area (Å²) < 4.78 is 32.1. The zero-order valence-corrected chi connectivity index (χ0v) is 17.3. The highest BCUT2D eigenvalue weighted by atomic mass is 19.2. The summed E-state index contributed by atoms with van der Waals surface area (Å²) in [6.07, 6.45) is 2.21. The van der Waals surface area contributed by atoms with E-state index < -0.39 is 17.2 Å². The molecular formula is C21H27F2N5O2. The Balaban J connectivity index is 1.37. The summed E-state index contributed by atoms with van der Waals surface area (Å²) in [7, 11) is 0. The van der Waals surface area contributed by atoms with Crippen LogP contribution in [0, 0.1) is 11.6 Å². The summed E-state index contributed by atoms with van der Waals surface area (Å²) in [6.45, 7) is 7.15. The molecule has 1 aromatic rings. The number of carbonyl (C=O) groups excluding carboxylic acids is 1. The first-order valence-corrected chi connectivity index (χ1v) is 10.1. The normalized spacial score (nSPS) is 21.1. The Morgan fingerprint density at radius 3 is 2.80 bits per heavy atom. The van der Waals surface area contributed by atoms with Crippen LogP contribution in [0.2, 0.25) is 0 Å². The molecule has 3 heterocycles. The van der Waals surface area contributed by atoms with Crippen molar-refractivity contribution in [2.24, 2.45) is 10.7 Å². The monoisotopic (exact) mass is 419 g/mol. The number of nitrogens with two attached hydrogens (primary N) is 1. The van der Waals surface area contributed by atoms with Crippen molar-refractivity contribution in [3.63, 3.8) is 0 Å². The van der Waals surface area contributed by atoms with E-state index in [0.717, 1.165) is 31.0 Å². The summed E-state index contributed by atoms with van der Waals surface area (Å²) in [4.78, 5) is 23.3. The van der Waals surface area contributed by atoms with Crippen LogP contribution in [-0.2, 0) is 16.1 Å². The van der Waals surface area contributed by atoms with E-state index in [0.29, 0.717) is 37.6 Å². The van der Waals surface area contributed by atoms with Crippen LogP contribution in [0.4, 0.5) is 8.78 Å². The Hall–Kier alpha value is -2.68. The lowest BCUT2D eigenvalue weighted by Crippen LogP contribution is -2.54. The molecule has 3 aliphatic rings. The van der Waals surface area contributed by atoms with Crippen molar-refractivity contribution in [1.29, 1.82) is 0 Å². The molecule has 0 radical (unpaired) electrons. The average molecular weight is 419 g/mol. The van der Waals surface area contributed by atoms with Gasteiger partial charge >= 0.3 is 0 Å². The van der Waals surface area contributed by atoms with Crippen LogP contribution in [0.3, 0.4) is 0 Å². The topological polar surface area (TPSA) is 74.4 Å². The maximum Gasteiger partial charge on any atom is 0.224 e. The number of amides is 1. The molecular weight excluding hydrogens is 392 g/mol. The number of piperazine rings is 1. The van der Waals surface area contributed by atoms with Gasteiger partial charge in [-0.15, -0.1) is 0 Å². The van der Waals surface area contributed by atoms with Gasteiger partial charge in [0.05, 0.1) is 6.04 Å². The molecule has 0 aromatic heterocycles. The second-order valence-corrected chi connectivity index (χ2v) is 8.75. The van der Waals surface area contributed by atoms with Gasteiger partial charge in [-0.25, -0.2) is 13.8 Å². The Morgan fingerprint density at radius 1 is 1.27 bits per heavy atom. The first-order valence-electron chi connectivity index (χ1n) is 10.1. The third-order valence-corrected chi connectivity index (χ3v) is 5.51. The van der Waals surface area contributed by atoms with Crippen LogP contribution >= 0.6 is 0 Å². The van der Waals surface area contributed by atoms with Crippen molar-refractivity contribution in [1.82, 2.24) is 14.7 Å². The van der Waals surface area contributed by atoms with Gasteiger partial charge in [0.1, 0.15) is 19.1 Å². The number of fused-ring (bicyclic) bond motifs is 3. The van der Waals surface area contributed by atoms with E-state index in [1.165, 1.54) is 6.07 Å². The number of hydrogen-bond acceptors (Lipinski definition) is 6. The zero-order chi connectivity index (χ0) is 21.5. The first-order chi connectivity index (χ1) is 14.2. The molecule has 0 bridgehead atoms. The summed E-state index contributed by atoms with van der Waals surface area (Å²) in [5, 5.41) is 0. The summed E-state index contributed by atoms with van der Waals surface area (Å²) in [5.41, 5.74) is 6.03. The Morgan fingerprint density at radius 2 is 2.07 bits per heavy atom. The van der Waals surface area contributed by atoms with Crippen molar-refractivity contribution < 1.29 is 18.3 Å². The van der Waals surface area contributed by atoms with Crippen LogP contribution in [-0.4, -0.2) is 70.9 Å². The lowest BCUT2D eigenvalue weighted by molar-refractivity contribution is -0.134. The number of nitrogens with zero attached hydrogens (tertiary/aromatic N) is 4. The van der Waals surface area contributed by atoms with Crippen LogP contribution < -0.4 is 5.73 Å². The van der Waals surface area contributed by atoms with Gasteiger partial charge in [-0.2, -0.15) is 0 Å². The molecule has 0 spiro atoms. The van der Waals surface area contributed by atoms with E-state index in [1.807, 2.05) is 24.8 Å². The fraction of sp³-hybridized carbons (Fsp3) is 0.524. The van der Waals surface area contributed by atoms with Gasteiger partial charge in [0.25, 0.3) is 0 Å². The molecule has 4 rings (SSSR count). The van der Waals surface area contributed by atoms with Gasteiger partial charge in [0, 0.05) is 44.2 Å². The SMILES string of the molecule is CC(C)(N)CC(=O)N1CCN2C3=CC(OCc4ccc(F)c(F)c4)=NCN3CC2C1. The number of halogens is 2. The first kappa shape index (κ1) is 20.6. The van der Waals surface area contributed by atoms with Gasteiger partial charge in [0.15, 0.2) is 11.6 Å². The van der Waals surface area contributed by atoms with E-state index in [1.54, 1.807) is 0 Å². The highest BCUT2D eigenvalue weighted by molar-refractivity contribution is 5.89. The fourth-order valence-electron chi connectivity index (χ4n) is 4.06. The summed E-state index contributed by atoms with van der Waals surface area (Å²) >= 11 is 0. The number of benzene rings is 1. The minimum absolute atomic E-state index is 0.0906. The van der Waals surface area contributed by atoms with E-state index in [2.05, 4.69) is 14.8 Å².